The van der Waals surface area contributed by atoms with E-state index in [4.69, 9.17) is 0 Å². The maximum absolute atomic E-state index is 12.6. The summed E-state index contributed by atoms with van der Waals surface area (Å²) in [5.74, 6) is 0.946. The molecule has 0 spiro atoms. The zero-order chi connectivity index (χ0) is 17.6. The lowest BCUT2D eigenvalue weighted by molar-refractivity contribution is 0.410. The molecule has 0 aliphatic carbocycles. The lowest BCUT2D eigenvalue weighted by Crippen LogP contribution is -2.14. The Hall–Kier alpha value is -1.50. The Labute approximate surface area is 149 Å². The average molecular weight is 365 g/mol. The molecule has 2 aromatic rings. The molecule has 0 aliphatic rings. The van der Waals surface area contributed by atoms with E-state index in [2.05, 4.69) is 9.62 Å². The van der Waals surface area contributed by atoms with Crippen LogP contribution in [-0.2, 0) is 10.0 Å². The molecular formula is C18H24N2O2S2. The molecule has 2 aromatic carbocycles. The summed E-state index contributed by atoms with van der Waals surface area (Å²) in [5.41, 5.74) is 1.67. The molecular weight excluding hydrogens is 340 g/mol. The third-order valence-corrected chi connectivity index (χ3v) is 6.01. The summed E-state index contributed by atoms with van der Waals surface area (Å²) in [6.45, 7) is 2.95. The Morgan fingerprint density at radius 3 is 2.38 bits per heavy atom. The van der Waals surface area contributed by atoms with Crippen LogP contribution >= 0.6 is 11.8 Å². The number of anilines is 1. The van der Waals surface area contributed by atoms with Crippen LogP contribution in [0.5, 0.6) is 0 Å². The molecule has 0 bridgehead atoms. The van der Waals surface area contributed by atoms with Crippen LogP contribution in [0.15, 0.2) is 58.3 Å². The van der Waals surface area contributed by atoms with Gasteiger partial charge in [-0.25, -0.2) is 8.42 Å². The van der Waals surface area contributed by atoms with Crippen LogP contribution in [0, 0.1) is 6.92 Å². The Kier molecular flexibility index (Phi) is 6.71. The molecule has 0 saturated heterocycles. The van der Waals surface area contributed by atoms with Crippen LogP contribution in [0.1, 0.15) is 12.0 Å². The number of para-hydroxylation sites is 1. The van der Waals surface area contributed by atoms with E-state index >= 15 is 0 Å². The first-order chi connectivity index (χ1) is 11.4. The highest BCUT2D eigenvalue weighted by atomic mass is 32.2. The molecule has 0 heterocycles. The lowest BCUT2D eigenvalue weighted by atomic mass is 10.2. The summed E-state index contributed by atoms with van der Waals surface area (Å²) < 4.78 is 27.8. The number of rotatable bonds is 8. The molecule has 1 N–H and O–H groups in total. The monoisotopic (exact) mass is 364 g/mol. The number of thioether (sulfide) groups is 1. The first-order valence-electron chi connectivity index (χ1n) is 7.84. The summed E-state index contributed by atoms with van der Waals surface area (Å²) >= 11 is 1.67. The van der Waals surface area contributed by atoms with E-state index in [-0.39, 0.29) is 4.90 Å². The maximum atomic E-state index is 12.6. The first kappa shape index (κ1) is 18.8. The minimum absolute atomic E-state index is 0.278. The van der Waals surface area contributed by atoms with Gasteiger partial charge in [-0.2, -0.15) is 0 Å². The van der Waals surface area contributed by atoms with Gasteiger partial charge in [-0.3, -0.25) is 4.72 Å². The minimum Gasteiger partial charge on any atom is -0.309 e. The van der Waals surface area contributed by atoms with Crippen molar-refractivity contribution in [2.75, 3.05) is 31.1 Å². The van der Waals surface area contributed by atoms with E-state index in [1.807, 2.05) is 39.2 Å². The number of benzene rings is 2. The topological polar surface area (TPSA) is 49.4 Å². The van der Waals surface area contributed by atoms with Crippen LogP contribution < -0.4 is 4.72 Å². The number of hydrogen-bond acceptors (Lipinski definition) is 4. The van der Waals surface area contributed by atoms with Gasteiger partial charge in [0.15, 0.2) is 0 Å². The van der Waals surface area contributed by atoms with Gasteiger partial charge < -0.3 is 4.90 Å². The second-order valence-electron chi connectivity index (χ2n) is 5.92. The van der Waals surface area contributed by atoms with Crippen molar-refractivity contribution in [3.63, 3.8) is 0 Å². The SMILES string of the molecule is Cc1ccc(S(=O)(=O)Nc2ccccc2SCCCN(C)C)cc1. The van der Waals surface area contributed by atoms with Crippen molar-refractivity contribution in [1.82, 2.24) is 4.90 Å². The molecule has 130 valence electrons. The summed E-state index contributed by atoms with van der Waals surface area (Å²) in [5, 5.41) is 0. The minimum atomic E-state index is -3.57. The standard InChI is InChI=1S/C18H24N2O2S2/c1-15-9-11-16(12-10-15)24(21,22)19-17-7-4-5-8-18(17)23-14-6-13-20(2)3/h4-5,7-12,19H,6,13-14H2,1-3H3. The quantitative estimate of drug-likeness (QED) is 0.571. The van der Waals surface area contributed by atoms with Crippen LogP contribution in [0.4, 0.5) is 5.69 Å². The molecule has 0 atom stereocenters. The van der Waals surface area contributed by atoms with Crippen molar-refractivity contribution >= 4 is 27.5 Å². The van der Waals surface area contributed by atoms with Gasteiger partial charge in [0.1, 0.15) is 0 Å². The van der Waals surface area contributed by atoms with E-state index in [9.17, 15) is 8.42 Å². The zero-order valence-corrected chi connectivity index (χ0v) is 16.0. The van der Waals surface area contributed by atoms with Crippen molar-refractivity contribution < 1.29 is 8.42 Å². The number of sulfonamides is 1. The number of nitrogens with zero attached hydrogens (tertiary/aromatic N) is 1. The van der Waals surface area contributed by atoms with Gasteiger partial charge >= 0.3 is 0 Å². The van der Waals surface area contributed by atoms with Gasteiger partial charge in [0, 0.05) is 4.90 Å². The summed E-state index contributed by atoms with van der Waals surface area (Å²) in [4.78, 5) is 3.37. The van der Waals surface area contributed by atoms with Gasteiger partial charge in [0.2, 0.25) is 0 Å². The molecule has 0 unspecified atom stereocenters. The Balaban J connectivity index is 2.10. The average Bonchev–Trinajstić information content (AvgIpc) is 2.53. The van der Waals surface area contributed by atoms with Gasteiger partial charge in [-0.1, -0.05) is 29.8 Å². The molecule has 0 aliphatic heterocycles. The Morgan fingerprint density at radius 2 is 1.71 bits per heavy atom. The maximum Gasteiger partial charge on any atom is 0.261 e. The third-order valence-electron chi connectivity index (χ3n) is 3.47. The highest BCUT2D eigenvalue weighted by Gasteiger charge is 2.15. The molecule has 2 rings (SSSR count). The zero-order valence-electron chi connectivity index (χ0n) is 14.3. The fourth-order valence-corrected chi connectivity index (χ4v) is 4.25. The van der Waals surface area contributed by atoms with Gasteiger partial charge in [0.25, 0.3) is 10.0 Å². The molecule has 0 aromatic heterocycles. The van der Waals surface area contributed by atoms with Gasteiger partial charge in [-0.15, -0.1) is 11.8 Å². The predicted octanol–water partition coefficient (Wildman–Crippen LogP) is 3.84. The van der Waals surface area contributed by atoms with Crippen molar-refractivity contribution in [2.24, 2.45) is 0 Å². The van der Waals surface area contributed by atoms with Crippen molar-refractivity contribution in [3.05, 3.63) is 54.1 Å². The summed E-state index contributed by atoms with van der Waals surface area (Å²) in [7, 11) is 0.532. The van der Waals surface area contributed by atoms with E-state index in [0.717, 1.165) is 29.2 Å². The van der Waals surface area contributed by atoms with Crippen LogP contribution in [-0.4, -0.2) is 39.7 Å². The number of hydrogen-bond donors (Lipinski definition) is 1. The fraction of sp³-hybridized carbons (Fsp3) is 0.333. The van der Waals surface area contributed by atoms with Crippen LogP contribution in [0.3, 0.4) is 0 Å². The molecule has 0 saturated carbocycles. The number of aryl methyl sites for hydroxylation is 1. The van der Waals surface area contributed by atoms with E-state index in [1.54, 1.807) is 42.1 Å². The fourth-order valence-electron chi connectivity index (χ4n) is 2.16. The largest absolute Gasteiger partial charge is 0.309 e. The van der Waals surface area contributed by atoms with Crippen molar-refractivity contribution in [1.29, 1.82) is 0 Å². The third kappa shape index (κ3) is 5.54. The lowest BCUT2D eigenvalue weighted by Gasteiger charge is -2.13. The van der Waals surface area contributed by atoms with E-state index < -0.39 is 10.0 Å². The first-order valence-corrected chi connectivity index (χ1v) is 10.3. The van der Waals surface area contributed by atoms with E-state index in [0.29, 0.717) is 5.69 Å². The normalized spacial score (nSPS) is 11.7. The highest BCUT2D eigenvalue weighted by molar-refractivity contribution is 7.99. The van der Waals surface area contributed by atoms with Crippen LogP contribution in [0.2, 0.25) is 0 Å². The van der Waals surface area contributed by atoms with E-state index in [1.165, 1.54) is 0 Å². The summed E-state index contributed by atoms with van der Waals surface area (Å²) in [6.07, 6.45) is 1.05. The molecule has 0 radical (unpaired) electrons. The smallest absolute Gasteiger partial charge is 0.261 e. The number of nitrogens with one attached hydrogen (secondary N) is 1. The van der Waals surface area contributed by atoms with Crippen LogP contribution in [0.25, 0.3) is 0 Å². The van der Waals surface area contributed by atoms with Gasteiger partial charge in [0.05, 0.1) is 10.6 Å². The Bertz CT molecular complexity index is 757. The molecule has 24 heavy (non-hydrogen) atoms. The van der Waals surface area contributed by atoms with Crippen molar-refractivity contribution in [3.8, 4) is 0 Å². The second kappa shape index (κ2) is 8.55. The summed E-state index contributed by atoms with van der Waals surface area (Å²) in [6, 6.07) is 14.4. The molecule has 0 fully saturated rings. The highest BCUT2D eigenvalue weighted by Crippen LogP contribution is 2.29. The molecule has 4 nitrogen and oxygen atoms in total. The van der Waals surface area contributed by atoms with Crippen molar-refractivity contribution in [2.45, 2.75) is 23.1 Å². The predicted molar refractivity (Wildman–Crippen MR) is 102 cm³/mol. The molecule has 0 amide bonds. The second-order valence-corrected chi connectivity index (χ2v) is 8.74. The van der Waals surface area contributed by atoms with Gasteiger partial charge in [-0.05, 0) is 64.0 Å². The Morgan fingerprint density at radius 1 is 1.04 bits per heavy atom. The molecule has 6 heteroatoms.